The maximum Gasteiger partial charge on any atom is 0.261 e. The van der Waals surface area contributed by atoms with Crippen molar-refractivity contribution < 1.29 is 0 Å². The van der Waals surface area contributed by atoms with Crippen molar-refractivity contribution in [3.63, 3.8) is 0 Å². The highest BCUT2D eigenvalue weighted by Crippen LogP contribution is 2.44. The smallest absolute Gasteiger partial charge is 0.261 e. The van der Waals surface area contributed by atoms with Gasteiger partial charge in [-0.1, -0.05) is 23.7 Å². The fourth-order valence-electron chi connectivity index (χ4n) is 3.51. The number of nitrogens with zero attached hydrogens (tertiary/aromatic N) is 3. The van der Waals surface area contributed by atoms with Crippen molar-refractivity contribution in [3.05, 3.63) is 74.2 Å². The second-order valence-corrected chi connectivity index (χ2v) is 8.97. The summed E-state index contributed by atoms with van der Waals surface area (Å²) in [6.45, 7) is 2.28. The first-order valence-electron chi connectivity index (χ1n) is 9.51. The lowest BCUT2D eigenvalue weighted by Gasteiger charge is -2.12. The Morgan fingerprint density at radius 3 is 2.72 bits per heavy atom. The first kappa shape index (κ1) is 18.3. The molecule has 29 heavy (non-hydrogen) atoms. The molecule has 146 valence electrons. The zero-order valence-electron chi connectivity index (χ0n) is 15.9. The number of anilines is 1. The van der Waals surface area contributed by atoms with Crippen molar-refractivity contribution in [2.24, 2.45) is 0 Å². The average Bonchev–Trinajstić information content (AvgIpc) is 3.44. The highest BCUT2D eigenvalue weighted by molar-refractivity contribution is 7.15. The minimum atomic E-state index is -0.0986. The predicted octanol–water partition coefficient (Wildman–Crippen LogP) is 4.99. The molecular weight excluding hydrogens is 404 g/mol. The predicted molar refractivity (Wildman–Crippen MR) is 119 cm³/mol. The standard InChI is InChI=1S/C22H19ClN4OS/c1-12-26-19-9-16(21-25-10-20(29-21)14-4-5-14)18(24)8-17(19)22(28)27(12)11-13-2-6-15(23)7-3-13/h2-3,6-10,14H,4-5,11,24H2,1H3. The number of aryl methyl sites for hydroxylation is 1. The summed E-state index contributed by atoms with van der Waals surface area (Å²) < 4.78 is 1.67. The summed E-state index contributed by atoms with van der Waals surface area (Å²) in [6.07, 6.45) is 4.43. The summed E-state index contributed by atoms with van der Waals surface area (Å²) in [5, 5.41) is 2.07. The Hall–Kier alpha value is -2.70. The van der Waals surface area contributed by atoms with Crippen LogP contribution in [0.25, 0.3) is 21.5 Å². The van der Waals surface area contributed by atoms with Gasteiger partial charge < -0.3 is 5.73 Å². The Bertz CT molecular complexity index is 1290. The van der Waals surface area contributed by atoms with E-state index < -0.39 is 0 Å². The van der Waals surface area contributed by atoms with Gasteiger partial charge in [0, 0.05) is 27.3 Å². The number of rotatable bonds is 4. The molecule has 1 aliphatic rings. The number of nitrogen functional groups attached to an aromatic ring is 1. The van der Waals surface area contributed by atoms with Gasteiger partial charge in [-0.05, 0) is 55.5 Å². The van der Waals surface area contributed by atoms with Crippen LogP contribution < -0.4 is 11.3 Å². The van der Waals surface area contributed by atoms with E-state index in [1.807, 2.05) is 43.5 Å². The number of hydrogen-bond donors (Lipinski definition) is 1. The van der Waals surface area contributed by atoms with Gasteiger partial charge in [-0.3, -0.25) is 9.36 Å². The zero-order valence-corrected chi connectivity index (χ0v) is 17.4. The second kappa shape index (κ2) is 6.97. The number of aromatic nitrogens is 3. The van der Waals surface area contributed by atoms with Gasteiger partial charge in [0.2, 0.25) is 0 Å². The van der Waals surface area contributed by atoms with E-state index in [2.05, 4.69) is 9.97 Å². The minimum absolute atomic E-state index is 0.0986. The van der Waals surface area contributed by atoms with Crippen molar-refractivity contribution in [1.82, 2.24) is 14.5 Å². The number of halogens is 1. The molecule has 7 heteroatoms. The number of benzene rings is 2. The topological polar surface area (TPSA) is 73.8 Å². The Labute approximate surface area is 176 Å². The lowest BCUT2D eigenvalue weighted by Crippen LogP contribution is -2.24. The van der Waals surface area contributed by atoms with Crippen LogP contribution in [-0.4, -0.2) is 14.5 Å². The van der Waals surface area contributed by atoms with E-state index in [1.165, 1.54) is 17.7 Å². The molecule has 0 bridgehead atoms. The van der Waals surface area contributed by atoms with Crippen molar-refractivity contribution in [3.8, 4) is 10.6 Å². The molecule has 2 aromatic heterocycles. The summed E-state index contributed by atoms with van der Waals surface area (Å²) in [7, 11) is 0. The molecule has 2 heterocycles. The molecular formula is C22H19ClN4OS. The average molecular weight is 423 g/mol. The summed E-state index contributed by atoms with van der Waals surface area (Å²) in [6, 6.07) is 11.1. The fraction of sp³-hybridized carbons (Fsp3) is 0.227. The molecule has 0 unspecified atom stereocenters. The molecule has 0 aliphatic heterocycles. The van der Waals surface area contributed by atoms with Crippen molar-refractivity contribution in [2.75, 3.05) is 5.73 Å². The van der Waals surface area contributed by atoms with Crippen LogP contribution in [0.4, 0.5) is 5.69 Å². The molecule has 1 aliphatic carbocycles. The molecule has 0 spiro atoms. The number of thiazole rings is 1. The van der Waals surface area contributed by atoms with Gasteiger partial charge in [-0.15, -0.1) is 11.3 Å². The second-order valence-electron chi connectivity index (χ2n) is 7.48. The molecule has 0 atom stereocenters. The van der Waals surface area contributed by atoms with Crippen molar-refractivity contribution in [1.29, 1.82) is 0 Å². The molecule has 5 rings (SSSR count). The normalized spacial score (nSPS) is 13.9. The quantitative estimate of drug-likeness (QED) is 0.470. The van der Waals surface area contributed by atoms with Gasteiger partial charge >= 0.3 is 0 Å². The zero-order chi connectivity index (χ0) is 20.1. The van der Waals surface area contributed by atoms with Crippen molar-refractivity contribution in [2.45, 2.75) is 32.2 Å². The van der Waals surface area contributed by atoms with Gasteiger partial charge in [-0.2, -0.15) is 0 Å². The summed E-state index contributed by atoms with van der Waals surface area (Å²) in [5.74, 6) is 1.31. The van der Waals surface area contributed by atoms with E-state index in [9.17, 15) is 4.79 Å². The van der Waals surface area contributed by atoms with E-state index in [0.29, 0.717) is 39.9 Å². The largest absolute Gasteiger partial charge is 0.398 e. The van der Waals surface area contributed by atoms with Crippen LogP contribution in [0.15, 0.2) is 47.4 Å². The fourth-order valence-corrected chi connectivity index (χ4v) is 4.76. The van der Waals surface area contributed by atoms with Crippen LogP contribution in [0.3, 0.4) is 0 Å². The van der Waals surface area contributed by atoms with Crippen LogP contribution in [0.1, 0.15) is 35.0 Å². The third-order valence-corrected chi connectivity index (χ3v) is 6.75. The summed E-state index contributed by atoms with van der Waals surface area (Å²) >= 11 is 7.64. The highest BCUT2D eigenvalue weighted by Gasteiger charge is 2.26. The minimum Gasteiger partial charge on any atom is -0.398 e. The lowest BCUT2D eigenvalue weighted by atomic mass is 10.1. The van der Waals surface area contributed by atoms with E-state index in [1.54, 1.807) is 22.0 Å². The molecule has 0 amide bonds. The molecule has 2 aromatic carbocycles. The Kier molecular flexibility index (Phi) is 4.41. The summed E-state index contributed by atoms with van der Waals surface area (Å²) in [5.41, 5.74) is 9.25. The molecule has 0 radical (unpaired) electrons. The SMILES string of the molecule is Cc1nc2cc(-c3ncc(C4CC4)s3)c(N)cc2c(=O)n1Cc1ccc(Cl)cc1. The monoisotopic (exact) mass is 422 g/mol. The van der Waals surface area contributed by atoms with Gasteiger partial charge in [0.25, 0.3) is 5.56 Å². The first-order chi connectivity index (χ1) is 14.0. The maximum absolute atomic E-state index is 13.2. The van der Waals surface area contributed by atoms with Gasteiger partial charge in [0.15, 0.2) is 0 Å². The third-order valence-electron chi connectivity index (χ3n) is 5.30. The molecule has 1 saturated carbocycles. The molecule has 5 nitrogen and oxygen atoms in total. The number of nitrogens with two attached hydrogens (primary N) is 1. The van der Waals surface area contributed by atoms with Crippen LogP contribution in [0.5, 0.6) is 0 Å². The Balaban J connectivity index is 1.58. The summed E-state index contributed by atoms with van der Waals surface area (Å²) in [4.78, 5) is 23.7. The van der Waals surface area contributed by atoms with E-state index in [4.69, 9.17) is 17.3 Å². The van der Waals surface area contributed by atoms with Gasteiger partial charge in [-0.25, -0.2) is 9.97 Å². The highest BCUT2D eigenvalue weighted by atomic mass is 35.5. The molecule has 4 aromatic rings. The van der Waals surface area contributed by atoms with E-state index in [-0.39, 0.29) is 5.56 Å². The van der Waals surface area contributed by atoms with Crippen LogP contribution >= 0.6 is 22.9 Å². The van der Waals surface area contributed by atoms with Crippen LogP contribution in [-0.2, 0) is 6.54 Å². The van der Waals surface area contributed by atoms with E-state index in [0.717, 1.165) is 16.1 Å². The maximum atomic E-state index is 13.2. The van der Waals surface area contributed by atoms with Crippen LogP contribution in [0, 0.1) is 6.92 Å². The molecule has 1 fully saturated rings. The van der Waals surface area contributed by atoms with Crippen molar-refractivity contribution >= 4 is 39.5 Å². The molecule has 2 N–H and O–H groups in total. The Morgan fingerprint density at radius 1 is 1.24 bits per heavy atom. The van der Waals surface area contributed by atoms with E-state index >= 15 is 0 Å². The van der Waals surface area contributed by atoms with Gasteiger partial charge in [0.1, 0.15) is 10.8 Å². The number of fused-ring (bicyclic) bond motifs is 1. The third kappa shape index (κ3) is 3.43. The number of hydrogen-bond acceptors (Lipinski definition) is 5. The van der Waals surface area contributed by atoms with Gasteiger partial charge in [0.05, 0.1) is 17.4 Å². The van der Waals surface area contributed by atoms with Crippen LogP contribution in [0.2, 0.25) is 5.02 Å². The first-order valence-corrected chi connectivity index (χ1v) is 10.7. The lowest BCUT2D eigenvalue weighted by molar-refractivity contribution is 0.713. The molecule has 0 saturated heterocycles. The Morgan fingerprint density at radius 2 is 2.00 bits per heavy atom.